The first-order chi connectivity index (χ1) is 30.8. The highest BCUT2D eigenvalue weighted by Crippen LogP contribution is 2.43. The number of carbonyl (C=O) groups excluding carboxylic acids is 2. The zero-order valence-corrected chi connectivity index (χ0v) is 38.1. The fourth-order valence-electron chi connectivity index (χ4n) is 7.82. The highest BCUT2D eigenvalue weighted by molar-refractivity contribution is 7.99. The number of nitrogens with one attached hydrogen (secondary N) is 2. The van der Waals surface area contributed by atoms with Gasteiger partial charge in [-0.15, -0.1) is 0 Å². The van der Waals surface area contributed by atoms with Gasteiger partial charge in [-0.3, -0.25) is 9.59 Å². The fraction of sp³-hybridized carbons (Fsp3) is 0.333. The molecule has 16 heteroatoms. The number of H-pyrrole nitrogens is 2. The molecule has 2 fully saturated rings. The number of methoxy groups -OCH3 is 4. The second-order valence-electron chi connectivity index (χ2n) is 15.9. The third kappa shape index (κ3) is 11.0. The van der Waals surface area contributed by atoms with E-state index >= 15 is 0 Å². The first-order valence-corrected chi connectivity index (χ1v) is 22.6. The lowest BCUT2D eigenvalue weighted by Crippen LogP contribution is -2.42. The average Bonchev–Trinajstić information content (AvgIpc) is 3.91. The lowest BCUT2D eigenvalue weighted by atomic mass is 9.93. The van der Waals surface area contributed by atoms with E-state index in [1.165, 1.54) is 23.5 Å². The summed E-state index contributed by atoms with van der Waals surface area (Å²) in [6.45, 7) is 3.33. The van der Waals surface area contributed by atoms with Crippen LogP contribution in [0.1, 0.15) is 39.5 Å². The Morgan fingerprint density at radius 1 is 0.562 bits per heavy atom. The third-order valence-electron chi connectivity index (χ3n) is 10.6. The van der Waals surface area contributed by atoms with Gasteiger partial charge in [0.15, 0.2) is 10.3 Å². The van der Waals surface area contributed by atoms with Crippen molar-refractivity contribution in [1.29, 1.82) is 0 Å². The first kappa shape index (κ1) is 46.1. The molecule has 0 unspecified atom stereocenters. The Balaban J connectivity index is 0.000000191. The molecule has 4 heterocycles. The minimum atomic E-state index is -1.05. The molecule has 0 bridgehead atoms. The molecule has 0 radical (unpaired) electrons. The highest BCUT2D eigenvalue weighted by Gasteiger charge is 2.37. The lowest BCUT2D eigenvalue weighted by Gasteiger charge is -2.32. The molecule has 0 aliphatic carbocycles. The average molecular weight is 909 g/mol. The summed E-state index contributed by atoms with van der Waals surface area (Å²) in [4.78, 5) is 40.2. The van der Waals surface area contributed by atoms with Crippen LogP contribution in [0.25, 0.3) is 45.0 Å². The minimum Gasteiger partial charge on any atom is -0.496 e. The maximum Gasteiger partial charge on any atom is 0.309 e. The van der Waals surface area contributed by atoms with Gasteiger partial charge in [0.25, 0.3) is 0 Å². The second-order valence-corrected chi connectivity index (χ2v) is 18.0. The Bertz CT molecular complexity index is 2270. The standard InChI is InChI=1S/2C24H26N2O5S/c2*1-24(28)12-15(31-20(27)13-24)14-32-23-25-21(16-8-4-6-10-18(16)29-2)22(26-23)17-9-5-7-11-19(17)30-3/h2*4-11,15,28H,12-14H2,1-3H3,(H,25,26)/t15-,24+;15-,24-/m11/s1. The van der Waals surface area contributed by atoms with E-state index in [4.69, 9.17) is 38.4 Å². The van der Waals surface area contributed by atoms with E-state index in [-0.39, 0.29) is 37.0 Å². The summed E-state index contributed by atoms with van der Waals surface area (Å²) in [6, 6.07) is 30.9. The molecule has 4 N–H and O–H groups in total. The summed E-state index contributed by atoms with van der Waals surface area (Å²) in [6.07, 6.45) is 0.0583. The van der Waals surface area contributed by atoms with Gasteiger partial charge in [0.05, 0.1) is 63.9 Å². The number of rotatable bonds is 14. The zero-order valence-electron chi connectivity index (χ0n) is 36.5. The van der Waals surface area contributed by atoms with Crippen molar-refractivity contribution in [3.63, 3.8) is 0 Å². The number of aromatic amines is 2. The quantitative estimate of drug-likeness (QED) is 0.0601. The number of benzene rings is 4. The monoisotopic (exact) mass is 908 g/mol. The van der Waals surface area contributed by atoms with Crippen LogP contribution in [0.4, 0.5) is 0 Å². The van der Waals surface area contributed by atoms with Gasteiger partial charge in [-0.25, -0.2) is 9.97 Å². The van der Waals surface area contributed by atoms with Gasteiger partial charge >= 0.3 is 11.9 Å². The first-order valence-electron chi connectivity index (χ1n) is 20.6. The van der Waals surface area contributed by atoms with Crippen LogP contribution >= 0.6 is 23.5 Å². The number of para-hydroxylation sites is 4. The van der Waals surface area contributed by atoms with Crippen LogP contribution in [0.5, 0.6) is 23.0 Å². The number of ether oxygens (including phenoxy) is 6. The molecular formula is C48H52N4O10S2. The molecule has 2 aliphatic heterocycles. The summed E-state index contributed by atoms with van der Waals surface area (Å²) in [5.41, 5.74) is 4.46. The number of carbonyl (C=O) groups is 2. The molecule has 14 nitrogen and oxygen atoms in total. The van der Waals surface area contributed by atoms with Gasteiger partial charge < -0.3 is 48.6 Å². The van der Waals surface area contributed by atoms with Crippen molar-refractivity contribution in [2.24, 2.45) is 0 Å². The van der Waals surface area contributed by atoms with Gasteiger partial charge in [0.1, 0.15) is 46.6 Å². The van der Waals surface area contributed by atoms with E-state index in [1.807, 2.05) is 97.1 Å². The normalized spacial score (nSPS) is 20.6. The number of aromatic nitrogens is 4. The van der Waals surface area contributed by atoms with Crippen LogP contribution in [0.3, 0.4) is 0 Å². The topological polar surface area (TPSA) is 187 Å². The van der Waals surface area contributed by atoms with Crippen LogP contribution in [-0.4, -0.2) is 105 Å². The predicted octanol–water partition coefficient (Wildman–Crippen LogP) is 8.62. The van der Waals surface area contributed by atoms with Crippen molar-refractivity contribution < 1.29 is 48.2 Å². The Morgan fingerprint density at radius 3 is 1.20 bits per heavy atom. The SMILES string of the molecule is COc1ccccc1-c1nc(SC[C@H]2C[C@@](C)(O)CC(=O)O2)[nH]c1-c1ccccc1OC.COc1ccccc1-c1nc(SC[C@H]2C[C@](C)(O)CC(=O)O2)[nH]c1-c1ccccc1OC. The molecule has 2 aliphatic rings. The van der Waals surface area contributed by atoms with Crippen LogP contribution in [0.15, 0.2) is 107 Å². The number of hydrogen-bond acceptors (Lipinski definition) is 14. The predicted molar refractivity (Wildman–Crippen MR) is 246 cm³/mol. The maximum absolute atomic E-state index is 11.8. The molecule has 64 heavy (non-hydrogen) atoms. The summed E-state index contributed by atoms with van der Waals surface area (Å²) in [5.74, 6) is 3.07. The molecule has 2 saturated heterocycles. The molecule has 0 amide bonds. The number of aliphatic hydroxyl groups is 2. The molecular weight excluding hydrogens is 857 g/mol. The Morgan fingerprint density at radius 2 is 0.875 bits per heavy atom. The summed E-state index contributed by atoms with van der Waals surface area (Å²) in [7, 11) is 6.54. The van der Waals surface area contributed by atoms with Crippen LogP contribution in [0.2, 0.25) is 0 Å². The van der Waals surface area contributed by atoms with E-state index in [1.54, 1.807) is 42.3 Å². The molecule has 336 valence electrons. The zero-order chi connectivity index (χ0) is 45.4. The van der Waals surface area contributed by atoms with Crippen molar-refractivity contribution in [2.45, 2.75) is 73.3 Å². The van der Waals surface area contributed by atoms with Gasteiger partial charge in [0.2, 0.25) is 0 Å². The Hall–Kier alpha value is -5.94. The van der Waals surface area contributed by atoms with Crippen molar-refractivity contribution in [2.75, 3.05) is 39.9 Å². The van der Waals surface area contributed by atoms with E-state index in [0.29, 0.717) is 46.2 Å². The van der Waals surface area contributed by atoms with E-state index in [2.05, 4.69) is 9.97 Å². The molecule has 4 atom stereocenters. The molecule has 4 aromatic carbocycles. The largest absolute Gasteiger partial charge is 0.496 e. The van der Waals surface area contributed by atoms with Gasteiger partial charge in [-0.05, 0) is 62.4 Å². The van der Waals surface area contributed by atoms with Gasteiger partial charge in [-0.1, -0.05) is 72.1 Å². The van der Waals surface area contributed by atoms with Crippen molar-refractivity contribution in [3.05, 3.63) is 97.1 Å². The van der Waals surface area contributed by atoms with Crippen molar-refractivity contribution >= 4 is 35.5 Å². The molecule has 8 rings (SSSR count). The summed E-state index contributed by atoms with van der Waals surface area (Å²) < 4.78 is 33.1. The van der Waals surface area contributed by atoms with E-state index in [0.717, 1.165) is 56.5 Å². The van der Waals surface area contributed by atoms with Gasteiger partial charge in [0, 0.05) is 46.6 Å². The lowest BCUT2D eigenvalue weighted by molar-refractivity contribution is -0.167. The van der Waals surface area contributed by atoms with Crippen LogP contribution < -0.4 is 18.9 Å². The Kier molecular flexibility index (Phi) is 14.6. The molecule has 2 aromatic heterocycles. The van der Waals surface area contributed by atoms with Crippen LogP contribution in [-0.2, 0) is 19.1 Å². The van der Waals surface area contributed by atoms with Crippen LogP contribution in [0, 0.1) is 0 Å². The minimum absolute atomic E-state index is 0.0187. The molecule has 0 spiro atoms. The summed E-state index contributed by atoms with van der Waals surface area (Å²) in [5, 5.41) is 22.0. The highest BCUT2D eigenvalue weighted by atomic mass is 32.2. The Labute approximate surface area is 380 Å². The number of thioether (sulfide) groups is 2. The number of esters is 2. The smallest absolute Gasteiger partial charge is 0.309 e. The van der Waals surface area contributed by atoms with Crippen molar-refractivity contribution in [3.8, 4) is 68.0 Å². The number of hydrogen-bond donors (Lipinski definition) is 4. The maximum atomic E-state index is 11.8. The van der Waals surface area contributed by atoms with Crippen molar-refractivity contribution in [1.82, 2.24) is 19.9 Å². The molecule has 0 saturated carbocycles. The molecule has 6 aromatic rings. The van der Waals surface area contributed by atoms with Gasteiger partial charge in [-0.2, -0.15) is 0 Å². The van der Waals surface area contributed by atoms with E-state index < -0.39 is 11.2 Å². The number of imidazole rings is 2. The fourth-order valence-corrected chi connectivity index (χ4v) is 9.54. The number of nitrogens with zero attached hydrogens (tertiary/aromatic N) is 2. The van der Waals surface area contributed by atoms with E-state index in [9.17, 15) is 19.8 Å². The second kappa shape index (κ2) is 20.3. The third-order valence-corrected chi connectivity index (χ3v) is 12.6. The summed E-state index contributed by atoms with van der Waals surface area (Å²) >= 11 is 2.89. The number of cyclic esters (lactones) is 2.